The number of hydrogen-bond acceptors (Lipinski definition) is 16. The number of aliphatic imine (C=N–C) groups is 1. The smallest absolute Gasteiger partial charge is 0.312 e. The molecule has 13 amide bonds. The number of phenolic OH excluding ortho intramolecular Hbond substituents is 1. The van der Waals surface area contributed by atoms with Gasteiger partial charge in [0.1, 0.15) is 66.2 Å². The van der Waals surface area contributed by atoms with Gasteiger partial charge in [0.2, 0.25) is 65.0 Å². The topological polar surface area (TPSA) is 498 Å². The Morgan fingerprint density at radius 2 is 1.07 bits per heavy atom. The summed E-state index contributed by atoms with van der Waals surface area (Å²) in [7, 11) is 0. The SMILES string of the molecule is CC(=O)N[C@H](Cc1ccc2ccccc2c1)C(=O)N[C@H](Cc1ccc(Cl)cc1)C(=O)N[C@H](Cc1cccnc1)C(=O)N[C@@H](CO)C(=O)N[C@@H](Cc1ccc(O)cc1)C(=O)N[C@H](CCCNC(N)=O)C(=O)N[C@@H](CC(C)C)C(=O)N[C@@H](CCCN=C(N)N)C(=O)N1CCCC1C(=O)N[C@H](C)C(N)=O. The van der Waals surface area contributed by atoms with Crippen LogP contribution in [0.4, 0.5) is 4.79 Å². The molecule has 1 unspecified atom stereocenters. The second-order valence-corrected chi connectivity index (χ2v) is 25.8. The van der Waals surface area contributed by atoms with Crippen LogP contribution in [0, 0.1) is 5.92 Å². The number of nitrogens with one attached hydrogen (secondary N) is 10. The zero-order valence-corrected chi connectivity index (χ0v) is 58.0. The molecule has 0 spiro atoms. The minimum absolute atomic E-state index is 0.000209. The number of benzene rings is 4. The van der Waals surface area contributed by atoms with E-state index >= 15 is 0 Å². The molecule has 20 N–H and O–H groups in total. The summed E-state index contributed by atoms with van der Waals surface area (Å²) in [6, 6.07) is 13.5. The van der Waals surface area contributed by atoms with Crippen molar-refractivity contribution in [2.24, 2.45) is 33.8 Å². The molecule has 548 valence electrons. The van der Waals surface area contributed by atoms with Crippen LogP contribution in [0.3, 0.4) is 0 Å². The Balaban J connectivity index is 1.26. The number of primary amides is 2. The number of nitrogens with zero attached hydrogens (tertiary/aromatic N) is 3. The van der Waals surface area contributed by atoms with E-state index in [1.807, 2.05) is 42.5 Å². The molecule has 0 aliphatic carbocycles. The van der Waals surface area contributed by atoms with Crippen molar-refractivity contribution in [1.82, 2.24) is 63.1 Å². The Morgan fingerprint density at radius 1 is 0.569 bits per heavy atom. The van der Waals surface area contributed by atoms with Gasteiger partial charge in [-0.15, -0.1) is 0 Å². The minimum Gasteiger partial charge on any atom is -0.508 e. The number of carbonyl (C=O) groups is 12. The molecule has 1 aliphatic heterocycles. The van der Waals surface area contributed by atoms with Gasteiger partial charge in [0.05, 0.1) is 6.61 Å². The molecule has 1 aromatic heterocycles. The average molecular weight is 1430 g/mol. The van der Waals surface area contributed by atoms with Crippen LogP contribution in [0.1, 0.15) is 94.9 Å². The third kappa shape index (κ3) is 26.0. The number of amides is 13. The fraction of sp³-hybridized carbons (Fsp3) is 0.429. The van der Waals surface area contributed by atoms with Crippen molar-refractivity contribution >= 4 is 99.3 Å². The zero-order chi connectivity index (χ0) is 74.6. The van der Waals surface area contributed by atoms with Gasteiger partial charge >= 0.3 is 6.03 Å². The Bertz CT molecular complexity index is 3770. The number of likely N-dealkylation sites (tertiary alicyclic amines) is 1. The molecule has 10 atom stereocenters. The van der Waals surface area contributed by atoms with Crippen molar-refractivity contribution in [2.45, 2.75) is 159 Å². The monoisotopic (exact) mass is 1430 g/mol. The first-order valence-electron chi connectivity index (χ1n) is 33.5. The summed E-state index contributed by atoms with van der Waals surface area (Å²) in [4.78, 5) is 176. The van der Waals surface area contributed by atoms with Crippen LogP contribution in [-0.4, -0.2) is 184 Å². The van der Waals surface area contributed by atoms with E-state index in [2.05, 4.69) is 63.1 Å². The summed E-state index contributed by atoms with van der Waals surface area (Å²) in [6.07, 6.45) is 2.70. The largest absolute Gasteiger partial charge is 0.508 e. The van der Waals surface area contributed by atoms with E-state index in [-0.39, 0.29) is 101 Å². The predicted molar refractivity (Wildman–Crippen MR) is 378 cm³/mol. The molecule has 5 aromatic rings. The number of aliphatic hydroxyl groups is 1. The number of hydrogen-bond donors (Lipinski definition) is 16. The van der Waals surface area contributed by atoms with Crippen molar-refractivity contribution in [3.8, 4) is 5.75 Å². The normalized spacial score (nSPS) is 15.2. The third-order valence-corrected chi connectivity index (χ3v) is 16.9. The Hall–Kier alpha value is -10.9. The van der Waals surface area contributed by atoms with E-state index in [1.165, 1.54) is 55.4 Å². The first kappa shape index (κ1) is 80.0. The van der Waals surface area contributed by atoms with Crippen molar-refractivity contribution in [1.29, 1.82) is 0 Å². The number of aromatic nitrogens is 1. The van der Waals surface area contributed by atoms with Crippen molar-refractivity contribution in [2.75, 3.05) is 26.2 Å². The fourth-order valence-corrected chi connectivity index (χ4v) is 11.5. The summed E-state index contributed by atoms with van der Waals surface area (Å²) in [5, 5.41) is 49.5. The molecule has 1 saturated heterocycles. The maximum absolute atomic E-state index is 14.9. The van der Waals surface area contributed by atoms with Gasteiger partial charge in [0.15, 0.2) is 5.96 Å². The van der Waals surface area contributed by atoms with E-state index in [0.29, 0.717) is 33.7 Å². The number of rotatable bonds is 38. The number of guanidine groups is 1. The second-order valence-electron chi connectivity index (χ2n) is 25.4. The van der Waals surface area contributed by atoms with E-state index in [9.17, 15) is 67.7 Å². The van der Waals surface area contributed by atoms with E-state index in [0.717, 1.165) is 10.8 Å². The number of nitrogens with two attached hydrogens (primary N) is 4. The Kier molecular flexibility index (Phi) is 31.2. The predicted octanol–water partition coefficient (Wildman–Crippen LogP) is -0.716. The number of fused-ring (bicyclic) bond motifs is 1. The van der Waals surface area contributed by atoms with E-state index in [4.69, 9.17) is 34.5 Å². The highest BCUT2D eigenvalue weighted by molar-refractivity contribution is 6.30. The Morgan fingerprint density at radius 3 is 1.63 bits per heavy atom. The standard InChI is InChI=1S/C70H92ClN17O14/c1-39(2)31-52(61(94)82-51(15-9-28-77-69(73)74)68(101)88-30-10-16-58(88)67(100)79-40(3)59(72)92)83-60(93)50(14-8-29-78-70(75)102)81-63(96)54(34-43-20-25-49(91)26-21-43)86-66(99)57(38-89)87-65(98)56(36-45-11-7-27-76-37-45)85-64(97)55(33-42-18-23-48(71)24-19-42)84-62(95)53(80-41(4)90)35-44-17-22-46-12-5-6-13-47(46)32-44/h5-7,11-13,17-27,32,37,39-40,50-58,89,91H,8-10,14-16,28-31,33-36,38H2,1-4H3,(H2,72,92)(H,79,100)(H,80,90)(H,81,96)(H,82,94)(H,83,93)(H,84,95)(H,85,97)(H,86,99)(H,87,98)(H4,73,74,77)(H3,75,78,102)/t40-,50-,51+,52+,53-,54+,55-,56-,57+,58?/m1/s1. The highest BCUT2D eigenvalue weighted by atomic mass is 35.5. The molecular weight excluding hydrogens is 1340 g/mol. The number of halogens is 1. The lowest BCUT2D eigenvalue weighted by Crippen LogP contribution is -2.61. The Labute approximate surface area is 595 Å². The number of pyridine rings is 1. The van der Waals surface area contributed by atoms with Crippen molar-refractivity contribution in [3.63, 3.8) is 0 Å². The molecule has 1 fully saturated rings. The van der Waals surface area contributed by atoms with Crippen LogP contribution in [0.25, 0.3) is 10.8 Å². The van der Waals surface area contributed by atoms with Gasteiger partial charge in [-0.1, -0.05) is 98.2 Å². The van der Waals surface area contributed by atoms with Crippen molar-refractivity contribution < 1.29 is 67.7 Å². The average Bonchev–Trinajstić information content (AvgIpc) is 1.13. The van der Waals surface area contributed by atoms with E-state index < -0.39 is 138 Å². The second kappa shape index (κ2) is 39.7. The zero-order valence-electron chi connectivity index (χ0n) is 57.2. The molecule has 31 nitrogen and oxygen atoms in total. The van der Waals surface area contributed by atoms with Crippen molar-refractivity contribution in [3.05, 3.63) is 143 Å². The molecule has 6 rings (SSSR count). The van der Waals surface area contributed by atoms with Crippen LogP contribution < -0.4 is 76.1 Å². The van der Waals surface area contributed by atoms with Crippen LogP contribution in [-0.2, 0) is 78.4 Å². The molecule has 2 heterocycles. The molecule has 0 saturated carbocycles. The number of urea groups is 1. The maximum Gasteiger partial charge on any atom is 0.312 e. The van der Waals surface area contributed by atoms with Crippen LogP contribution in [0.15, 0.2) is 121 Å². The first-order chi connectivity index (χ1) is 48.6. The number of aromatic hydroxyl groups is 1. The first-order valence-corrected chi connectivity index (χ1v) is 33.8. The van der Waals surface area contributed by atoms with Gasteiger partial charge in [0, 0.05) is 69.7 Å². The highest BCUT2D eigenvalue weighted by Gasteiger charge is 2.40. The van der Waals surface area contributed by atoms with Gasteiger partial charge < -0.3 is 91.2 Å². The molecule has 0 bridgehead atoms. The summed E-state index contributed by atoms with van der Waals surface area (Å²) in [5.41, 5.74) is 23.9. The van der Waals surface area contributed by atoms with Gasteiger partial charge in [-0.2, -0.15) is 0 Å². The van der Waals surface area contributed by atoms with Gasteiger partial charge in [-0.3, -0.25) is 62.7 Å². The summed E-state index contributed by atoms with van der Waals surface area (Å²) in [6.45, 7) is 5.15. The lowest BCUT2D eigenvalue weighted by Gasteiger charge is -2.31. The fourth-order valence-electron chi connectivity index (χ4n) is 11.4. The molecule has 102 heavy (non-hydrogen) atoms. The van der Waals surface area contributed by atoms with E-state index in [1.54, 1.807) is 50.2 Å². The summed E-state index contributed by atoms with van der Waals surface area (Å²) < 4.78 is 0. The lowest BCUT2D eigenvalue weighted by molar-refractivity contribution is -0.142. The number of aliphatic hydroxyl groups excluding tert-OH is 1. The molecular formula is C70H92ClN17O14. The lowest BCUT2D eigenvalue weighted by atomic mass is 9.99. The van der Waals surface area contributed by atoms with Crippen LogP contribution in [0.2, 0.25) is 5.02 Å². The van der Waals surface area contributed by atoms with Gasteiger partial charge in [0.25, 0.3) is 0 Å². The molecule has 0 radical (unpaired) electrons. The number of carbonyl (C=O) groups excluding carboxylic acids is 12. The van der Waals surface area contributed by atoms with Gasteiger partial charge in [-0.05, 0) is 121 Å². The van der Waals surface area contributed by atoms with Crippen LogP contribution in [0.5, 0.6) is 5.75 Å². The molecule has 4 aromatic carbocycles. The summed E-state index contributed by atoms with van der Waals surface area (Å²) >= 11 is 6.23. The minimum atomic E-state index is -1.85. The molecule has 32 heteroatoms. The third-order valence-electron chi connectivity index (χ3n) is 16.7. The van der Waals surface area contributed by atoms with Gasteiger partial charge in [-0.25, -0.2) is 4.79 Å². The highest BCUT2D eigenvalue weighted by Crippen LogP contribution is 2.22. The quantitative estimate of drug-likeness (QED) is 0.0132. The maximum atomic E-state index is 14.9. The van der Waals surface area contributed by atoms with Crippen LogP contribution >= 0.6 is 11.6 Å². The summed E-state index contributed by atoms with van der Waals surface area (Å²) in [5.74, 6) is -9.82. The number of phenols is 1. The molecule has 1 aliphatic rings.